The Bertz CT molecular complexity index is 742. The first kappa shape index (κ1) is 16.9. The van der Waals surface area contributed by atoms with E-state index in [0.717, 1.165) is 5.82 Å². The molecule has 9 heteroatoms. The topological polar surface area (TPSA) is 95.4 Å². The van der Waals surface area contributed by atoms with Gasteiger partial charge in [-0.05, 0) is 18.4 Å². The van der Waals surface area contributed by atoms with Crippen molar-refractivity contribution in [1.29, 1.82) is 0 Å². The van der Waals surface area contributed by atoms with Gasteiger partial charge < -0.3 is 4.74 Å². The molecule has 0 atom stereocenters. The predicted molar refractivity (Wildman–Crippen MR) is 88.5 cm³/mol. The molecule has 0 spiro atoms. The third kappa shape index (κ3) is 3.67. The van der Waals surface area contributed by atoms with E-state index in [1.54, 1.807) is 23.0 Å². The number of nitro benzene ring substituents is 1. The largest absolute Gasteiger partial charge is 0.490 e. The molecule has 0 bridgehead atoms. The van der Waals surface area contributed by atoms with Crippen molar-refractivity contribution in [2.24, 2.45) is 5.10 Å². The third-order valence-electron chi connectivity index (χ3n) is 3.06. The molecule has 1 heterocycles. The predicted octanol–water partition coefficient (Wildman–Crippen LogP) is 2.92. The number of nitro groups is 1. The van der Waals surface area contributed by atoms with Gasteiger partial charge >= 0.3 is 5.69 Å². The standard InChI is InChI=1S/C14H17N5O3S/c1-9(2)13-16-17-14(23-4)18(13)15-8-10-5-6-12(22-3)11(7-10)19(20)21/h5-9H,1-4H3/b15-8-. The van der Waals surface area contributed by atoms with Gasteiger partial charge in [-0.2, -0.15) is 9.78 Å². The van der Waals surface area contributed by atoms with Crippen LogP contribution in [0.15, 0.2) is 28.5 Å². The highest BCUT2D eigenvalue weighted by atomic mass is 32.2. The van der Waals surface area contributed by atoms with Crippen LogP contribution in [0.25, 0.3) is 0 Å². The normalized spacial score (nSPS) is 11.3. The molecule has 0 saturated carbocycles. The summed E-state index contributed by atoms with van der Waals surface area (Å²) in [6.45, 7) is 4.00. The first-order valence-corrected chi connectivity index (χ1v) is 8.06. The number of thioether (sulfide) groups is 1. The molecular weight excluding hydrogens is 318 g/mol. The second-order valence-corrected chi connectivity index (χ2v) is 5.72. The van der Waals surface area contributed by atoms with Crippen molar-refractivity contribution in [3.05, 3.63) is 39.7 Å². The van der Waals surface area contributed by atoms with Gasteiger partial charge in [0.1, 0.15) is 0 Å². The Balaban J connectivity index is 2.39. The number of aromatic nitrogens is 3. The van der Waals surface area contributed by atoms with Gasteiger partial charge in [-0.1, -0.05) is 25.6 Å². The number of rotatable bonds is 6. The highest BCUT2D eigenvalue weighted by Gasteiger charge is 2.16. The Hall–Kier alpha value is -2.42. The summed E-state index contributed by atoms with van der Waals surface area (Å²) in [6.07, 6.45) is 3.43. The molecule has 8 nitrogen and oxygen atoms in total. The Kier molecular flexibility index (Phi) is 5.32. The zero-order valence-corrected chi connectivity index (χ0v) is 14.1. The monoisotopic (exact) mass is 335 g/mol. The molecule has 2 aromatic rings. The van der Waals surface area contributed by atoms with Gasteiger partial charge in [0.05, 0.1) is 18.2 Å². The lowest BCUT2D eigenvalue weighted by molar-refractivity contribution is -0.385. The molecule has 0 aliphatic rings. The van der Waals surface area contributed by atoms with Crippen molar-refractivity contribution in [2.45, 2.75) is 24.9 Å². The molecule has 0 N–H and O–H groups in total. The average Bonchev–Trinajstić information content (AvgIpc) is 2.95. The molecule has 0 saturated heterocycles. The quantitative estimate of drug-likeness (QED) is 0.348. The maximum atomic E-state index is 11.1. The fourth-order valence-electron chi connectivity index (χ4n) is 1.93. The fraction of sp³-hybridized carbons (Fsp3) is 0.357. The lowest BCUT2D eigenvalue weighted by Crippen LogP contribution is -2.02. The highest BCUT2D eigenvalue weighted by molar-refractivity contribution is 7.98. The molecule has 122 valence electrons. The zero-order chi connectivity index (χ0) is 17.0. The fourth-order valence-corrected chi connectivity index (χ4v) is 2.36. The smallest absolute Gasteiger partial charge is 0.311 e. The van der Waals surface area contributed by atoms with E-state index in [1.165, 1.54) is 24.9 Å². The first-order chi connectivity index (χ1) is 11.0. The molecule has 2 rings (SSSR count). The molecule has 1 aromatic heterocycles. The van der Waals surface area contributed by atoms with Crippen molar-refractivity contribution in [2.75, 3.05) is 13.4 Å². The average molecular weight is 335 g/mol. The summed E-state index contributed by atoms with van der Waals surface area (Å²) in [5.74, 6) is 1.10. The van der Waals surface area contributed by atoms with Gasteiger partial charge in [0, 0.05) is 17.5 Å². The third-order valence-corrected chi connectivity index (χ3v) is 3.68. The SMILES string of the molecule is COc1ccc(/C=N\n2c(SC)nnc2C(C)C)cc1[N+](=O)[O-]. The van der Waals surface area contributed by atoms with Crippen LogP contribution >= 0.6 is 11.8 Å². The van der Waals surface area contributed by atoms with E-state index in [0.29, 0.717) is 10.7 Å². The maximum absolute atomic E-state index is 11.1. The van der Waals surface area contributed by atoms with Crippen LogP contribution in [0.4, 0.5) is 5.69 Å². The highest BCUT2D eigenvalue weighted by Crippen LogP contribution is 2.27. The minimum Gasteiger partial charge on any atom is -0.490 e. The summed E-state index contributed by atoms with van der Waals surface area (Å²) < 4.78 is 6.63. The molecule has 0 aliphatic heterocycles. The Labute approximate surface area is 137 Å². The van der Waals surface area contributed by atoms with Crippen molar-refractivity contribution < 1.29 is 9.66 Å². The van der Waals surface area contributed by atoms with E-state index < -0.39 is 4.92 Å². The summed E-state index contributed by atoms with van der Waals surface area (Å²) in [4.78, 5) is 10.6. The van der Waals surface area contributed by atoms with E-state index in [2.05, 4.69) is 15.3 Å². The molecule has 0 fully saturated rings. The van der Waals surface area contributed by atoms with E-state index in [1.807, 2.05) is 20.1 Å². The molecule has 0 radical (unpaired) electrons. The minimum atomic E-state index is -0.484. The van der Waals surface area contributed by atoms with Gasteiger partial charge in [-0.25, -0.2) is 0 Å². The van der Waals surface area contributed by atoms with Gasteiger partial charge in [0.2, 0.25) is 5.16 Å². The molecule has 0 aliphatic carbocycles. The molecule has 23 heavy (non-hydrogen) atoms. The van der Waals surface area contributed by atoms with Crippen LogP contribution < -0.4 is 4.74 Å². The molecular formula is C14H17N5O3S. The van der Waals surface area contributed by atoms with Crippen LogP contribution in [-0.4, -0.2) is 39.4 Å². The van der Waals surface area contributed by atoms with Crippen molar-refractivity contribution in [1.82, 2.24) is 14.9 Å². The van der Waals surface area contributed by atoms with Crippen molar-refractivity contribution >= 4 is 23.7 Å². The number of hydrogen-bond donors (Lipinski definition) is 0. The lowest BCUT2D eigenvalue weighted by Gasteiger charge is -2.05. The van der Waals surface area contributed by atoms with E-state index in [4.69, 9.17) is 4.74 Å². The lowest BCUT2D eigenvalue weighted by atomic mass is 10.2. The molecule has 1 aromatic carbocycles. The van der Waals surface area contributed by atoms with Crippen LogP contribution in [0.2, 0.25) is 0 Å². The second kappa shape index (κ2) is 7.23. The number of nitrogens with zero attached hydrogens (tertiary/aromatic N) is 5. The Morgan fingerprint density at radius 3 is 2.74 bits per heavy atom. The van der Waals surface area contributed by atoms with Gasteiger partial charge in [0.25, 0.3) is 0 Å². The Morgan fingerprint density at radius 2 is 2.17 bits per heavy atom. The summed E-state index contributed by atoms with van der Waals surface area (Å²) in [5.41, 5.74) is 0.488. The van der Waals surface area contributed by atoms with Gasteiger partial charge in [0.15, 0.2) is 11.6 Å². The van der Waals surface area contributed by atoms with Crippen LogP contribution in [0, 0.1) is 10.1 Å². The van der Waals surface area contributed by atoms with Crippen molar-refractivity contribution in [3.63, 3.8) is 0 Å². The summed E-state index contributed by atoms with van der Waals surface area (Å²) in [5, 5.41) is 24.3. The number of ether oxygens (including phenoxy) is 1. The summed E-state index contributed by atoms with van der Waals surface area (Å²) in [7, 11) is 1.40. The van der Waals surface area contributed by atoms with Gasteiger partial charge in [-0.3, -0.25) is 10.1 Å². The minimum absolute atomic E-state index is 0.102. The van der Waals surface area contributed by atoms with Gasteiger partial charge in [-0.15, -0.1) is 10.2 Å². The first-order valence-electron chi connectivity index (χ1n) is 6.84. The van der Waals surface area contributed by atoms with Crippen LogP contribution in [0.5, 0.6) is 5.75 Å². The number of benzene rings is 1. The molecule has 0 amide bonds. The maximum Gasteiger partial charge on any atom is 0.311 e. The molecule has 0 unspecified atom stereocenters. The van der Waals surface area contributed by atoms with Crippen LogP contribution in [-0.2, 0) is 0 Å². The van der Waals surface area contributed by atoms with Crippen molar-refractivity contribution in [3.8, 4) is 5.75 Å². The van der Waals surface area contributed by atoms with E-state index in [-0.39, 0.29) is 17.4 Å². The van der Waals surface area contributed by atoms with E-state index in [9.17, 15) is 10.1 Å². The Morgan fingerprint density at radius 1 is 1.43 bits per heavy atom. The second-order valence-electron chi connectivity index (χ2n) is 4.94. The van der Waals surface area contributed by atoms with E-state index >= 15 is 0 Å². The number of hydrogen-bond acceptors (Lipinski definition) is 7. The van der Waals surface area contributed by atoms with Crippen LogP contribution in [0.1, 0.15) is 31.2 Å². The van der Waals surface area contributed by atoms with Crippen LogP contribution in [0.3, 0.4) is 0 Å². The summed E-state index contributed by atoms with van der Waals surface area (Å²) >= 11 is 1.43. The zero-order valence-electron chi connectivity index (χ0n) is 13.3. The number of methoxy groups -OCH3 is 1. The summed E-state index contributed by atoms with van der Waals surface area (Å²) in [6, 6.07) is 4.67.